The van der Waals surface area contributed by atoms with E-state index in [1.165, 1.54) is 7.05 Å². The summed E-state index contributed by atoms with van der Waals surface area (Å²) in [6.45, 7) is 9.70. The first-order valence-corrected chi connectivity index (χ1v) is 9.45. The van der Waals surface area contributed by atoms with Crippen molar-refractivity contribution in [3.8, 4) is 0 Å². The Hall–Kier alpha value is -2.61. The molecule has 8 heteroatoms. The van der Waals surface area contributed by atoms with Crippen LogP contribution in [0.15, 0.2) is 12.8 Å². The highest BCUT2D eigenvalue weighted by Crippen LogP contribution is 2.59. The molecule has 0 aliphatic heterocycles. The van der Waals surface area contributed by atoms with E-state index in [-0.39, 0.29) is 30.1 Å². The lowest BCUT2D eigenvalue weighted by atomic mass is 9.91. The first-order chi connectivity index (χ1) is 13.2. The molecule has 0 bridgehead atoms. The quantitative estimate of drug-likeness (QED) is 0.322. The molecule has 1 fully saturated rings. The average molecular weight is 390 g/mol. The van der Waals surface area contributed by atoms with E-state index in [4.69, 9.17) is 5.21 Å². The van der Waals surface area contributed by atoms with Crippen LogP contribution < -0.4 is 16.1 Å². The van der Waals surface area contributed by atoms with Crippen LogP contribution in [0.5, 0.6) is 0 Å². The third-order valence-electron chi connectivity index (χ3n) is 5.70. The number of carbonyl (C=O) groups excluding carboxylic acids is 3. The Labute approximate surface area is 165 Å². The second-order valence-electron chi connectivity index (χ2n) is 7.82. The maximum Gasteiger partial charge on any atom is 0.244 e. The van der Waals surface area contributed by atoms with Crippen molar-refractivity contribution in [2.75, 3.05) is 7.05 Å². The van der Waals surface area contributed by atoms with Gasteiger partial charge in [-0.3, -0.25) is 19.6 Å². The summed E-state index contributed by atoms with van der Waals surface area (Å²) in [7, 11) is 1.52. The summed E-state index contributed by atoms with van der Waals surface area (Å²) in [4.78, 5) is 40.4. The Balaban J connectivity index is 2.23. The number of aromatic nitrogens is 1. The number of nitrogens with one attached hydrogen (secondary N) is 4. The molecule has 8 nitrogen and oxygen atoms in total. The van der Waals surface area contributed by atoms with Crippen LogP contribution >= 0.6 is 0 Å². The number of carbonyl (C=O) groups is 3. The number of aromatic amines is 1. The highest BCUT2D eigenvalue weighted by Gasteiger charge is 2.61. The molecule has 154 valence electrons. The highest BCUT2D eigenvalue weighted by molar-refractivity contribution is 5.95. The number of hydrogen-bond donors (Lipinski definition) is 5. The van der Waals surface area contributed by atoms with Crippen molar-refractivity contribution in [2.45, 2.75) is 46.1 Å². The van der Waals surface area contributed by atoms with Gasteiger partial charge in [0.1, 0.15) is 6.04 Å². The molecule has 1 aromatic heterocycles. The van der Waals surface area contributed by atoms with Crippen LogP contribution in [0.25, 0.3) is 6.08 Å². The summed E-state index contributed by atoms with van der Waals surface area (Å²) in [5.74, 6) is -1.03. The maximum absolute atomic E-state index is 13.1. The van der Waals surface area contributed by atoms with E-state index in [9.17, 15) is 14.4 Å². The van der Waals surface area contributed by atoms with E-state index < -0.39 is 17.4 Å². The summed E-state index contributed by atoms with van der Waals surface area (Å²) >= 11 is 0. The molecule has 3 amide bonds. The molecule has 1 aliphatic carbocycles. The molecule has 1 saturated carbocycles. The van der Waals surface area contributed by atoms with Gasteiger partial charge >= 0.3 is 0 Å². The lowest BCUT2D eigenvalue weighted by Crippen LogP contribution is -2.50. The van der Waals surface area contributed by atoms with E-state index in [2.05, 4.69) is 22.2 Å². The molecule has 1 aromatic rings. The van der Waals surface area contributed by atoms with Crippen molar-refractivity contribution in [3.63, 3.8) is 0 Å². The standard InChI is InChI=1S/C20H30N4O4/c1-6-14-12(4)22-10-13(14)7-16(18(26)21-5)23-19(27)20(9-17(25)24-28)8-15(20)11(2)3/h6,10-11,15-16,22,28H,1,7-9H2,2-5H3,(H,21,26)(H,23,27)(H,24,25)/t15-,16-,20?/m0/s1. The van der Waals surface area contributed by atoms with Crippen molar-refractivity contribution in [1.29, 1.82) is 0 Å². The molecule has 1 unspecified atom stereocenters. The van der Waals surface area contributed by atoms with Gasteiger partial charge in [-0.1, -0.05) is 26.5 Å². The van der Waals surface area contributed by atoms with Gasteiger partial charge in [-0.25, -0.2) is 5.48 Å². The second-order valence-corrected chi connectivity index (χ2v) is 7.82. The number of rotatable bonds is 9. The van der Waals surface area contributed by atoms with E-state index in [0.717, 1.165) is 16.8 Å². The first kappa shape index (κ1) is 21.7. The molecular formula is C20H30N4O4. The highest BCUT2D eigenvalue weighted by atomic mass is 16.5. The van der Waals surface area contributed by atoms with Gasteiger partial charge in [-0.05, 0) is 36.3 Å². The largest absolute Gasteiger partial charge is 0.364 e. The Kier molecular flexibility index (Phi) is 6.66. The van der Waals surface area contributed by atoms with E-state index in [1.54, 1.807) is 17.8 Å². The number of aryl methyl sites for hydroxylation is 1. The summed E-state index contributed by atoms with van der Waals surface area (Å²) in [5, 5.41) is 14.3. The summed E-state index contributed by atoms with van der Waals surface area (Å²) < 4.78 is 0. The fourth-order valence-electron chi connectivity index (χ4n) is 4.03. The zero-order chi connectivity index (χ0) is 21.1. The monoisotopic (exact) mass is 390 g/mol. The molecule has 0 spiro atoms. The molecule has 1 heterocycles. The molecule has 0 saturated heterocycles. The van der Waals surface area contributed by atoms with Gasteiger partial charge in [0.15, 0.2) is 0 Å². The normalized spacial score (nSPS) is 21.7. The van der Waals surface area contributed by atoms with Crippen LogP contribution in [0.2, 0.25) is 0 Å². The molecular weight excluding hydrogens is 360 g/mol. The van der Waals surface area contributed by atoms with Crippen molar-refractivity contribution < 1.29 is 19.6 Å². The van der Waals surface area contributed by atoms with Crippen LogP contribution in [-0.2, 0) is 20.8 Å². The zero-order valence-electron chi connectivity index (χ0n) is 16.9. The van der Waals surface area contributed by atoms with Crippen LogP contribution in [0, 0.1) is 24.2 Å². The average Bonchev–Trinajstić information content (AvgIpc) is 3.30. The van der Waals surface area contributed by atoms with Crippen LogP contribution in [0.3, 0.4) is 0 Å². The number of H-pyrrole nitrogens is 1. The lowest BCUT2D eigenvalue weighted by molar-refractivity contribution is -0.138. The molecule has 5 N–H and O–H groups in total. The van der Waals surface area contributed by atoms with Crippen molar-refractivity contribution >= 4 is 23.8 Å². The number of likely N-dealkylation sites (N-methyl/N-ethyl adjacent to an activating group) is 1. The fraction of sp³-hybridized carbons (Fsp3) is 0.550. The van der Waals surface area contributed by atoms with Crippen LogP contribution in [0.4, 0.5) is 0 Å². The molecule has 28 heavy (non-hydrogen) atoms. The van der Waals surface area contributed by atoms with Gasteiger partial charge in [-0.15, -0.1) is 0 Å². The van der Waals surface area contributed by atoms with E-state index >= 15 is 0 Å². The summed E-state index contributed by atoms with van der Waals surface area (Å²) in [5.41, 5.74) is 3.42. The predicted molar refractivity (Wildman–Crippen MR) is 105 cm³/mol. The van der Waals surface area contributed by atoms with Gasteiger partial charge in [0, 0.05) is 31.8 Å². The van der Waals surface area contributed by atoms with E-state index in [1.807, 2.05) is 20.8 Å². The van der Waals surface area contributed by atoms with Gasteiger partial charge in [0.05, 0.1) is 5.41 Å². The minimum absolute atomic E-state index is 0.0216. The number of hydroxylamine groups is 1. The zero-order valence-corrected chi connectivity index (χ0v) is 16.9. The maximum atomic E-state index is 13.1. The van der Waals surface area contributed by atoms with Crippen molar-refractivity contribution in [3.05, 3.63) is 29.6 Å². The SMILES string of the molecule is C=Cc1c(C[C@H](NC(=O)C2(CC(=O)NO)C[C@H]2C(C)C)C(=O)NC)c[nH]c1C. The van der Waals surface area contributed by atoms with Gasteiger partial charge < -0.3 is 15.6 Å². The molecule has 2 rings (SSSR count). The third kappa shape index (κ3) is 4.27. The van der Waals surface area contributed by atoms with Crippen molar-refractivity contribution in [2.24, 2.45) is 17.3 Å². The predicted octanol–water partition coefficient (Wildman–Crippen LogP) is 1.30. The Bertz CT molecular complexity index is 770. The van der Waals surface area contributed by atoms with Gasteiger partial charge in [0.2, 0.25) is 17.7 Å². The fourth-order valence-corrected chi connectivity index (χ4v) is 4.03. The van der Waals surface area contributed by atoms with Crippen LogP contribution in [-0.4, -0.2) is 41.0 Å². The van der Waals surface area contributed by atoms with Crippen LogP contribution in [0.1, 0.15) is 43.5 Å². The molecule has 0 aromatic carbocycles. The summed E-state index contributed by atoms with van der Waals surface area (Å²) in [6.07, 6.45) is 4.25. The first-order valence-electron chi connectivity index (χ1n) is 9.45. The minimum Gasteiger partial charge on any atom is -0.364 e. The Morgan fingerprint density at radius 1 is 1.43 bits per heavy atom. The molecule has 1 aliphatic rings. The van der Waals surface area contributed by atoms with Crippen molar-refractivity contribution in [1.82, 2.24) is 21.1 Å². The Morgan fingerprint density at radius 2 is 2.11 bits per heavy atom. The van der Waals surface area contributed by atoms with E-state index in [0.29, 0.717) is 12.8 Å². The Morgan fingerprint density at radius 3 is 2.61 bits per heavy atom. The molecule has 0 radical (unpaired) electrons. The minimum atomic E-state index is -0.900. The number of amides is 3. The topological polar surface area (TPSA) is 123 Å². The smallest absolute Gasteiger partial charge is 0.244 e. The second kappa shape index (κ2) is 8.60. The molecule has 3 atom stereocenters. The van der Waals surface area contributed by atoms with Gasteiger partial charge in [-0.2, -0.15) is 0 Å². The van der Waals surface area contributed by atoms with Gasteiger partial charge in [0.25, 0.3) is 0 Å². The summed E-state index contributed by atoms with van der Waals surface area (Å²) in [6, 6.07) is -0.783. The number of hydrogen-bond acceptors (Lipinski definition) is 4. The third-order valence-corrected chi connectivity index (χ3v) is 5.70. The lowest BCUT2D eigenvalue weighted by Gasteiger charge is -2.23.